The molecule has 1 N–H and O–H groups in total. The summed E-state index contributed by atoms with van der Waals surface area (Å²) in [7, 11) is 5.70. The molecule has 3 aromatic rings. The topological polar surface area (TPSA) is 70.5 Å². The van der Waals surface area contributed by atoms with Crippen LogP contribution in [0, 0.1) is 0 Å². The number of carbonyl (C=O) groups is 2. The van der Waals surface area contributed by atoms with Gasteiger partial charge in [0.15, 0.2) is 0 Å². The van der Waals surface area contributed by atoms with Crippen molar-refractivity contribution in [3.8, 4) is 0 Å². The summed E-state index contributed by atoms with van der Waals surface area (Å²) in [5, 5.41) is 3.98. The molecule has 0 radical (unpaired) electrons. The van der Waals surface area contributed by atoms with Gasteiger partial charge in [0.1, 0.15) is 5.82 Å². The van der Waals surface area contributed by atoms with Crippen LogP contribution in [0.15, 0.2) is 48.7 Å². The summed E-state index contributed by atoms with van der Waals surface area (Å²) in [6, 6.07) is 12.3. The van der Waals surface area contributed by atoms with E-state index in [1.165, 1.54) is 5.39 Å². The summed E-state index contributed by atoms with van der Waals surface area (Å²) in [4.78, 5) is 32.4. The van der Waals surface area contributed by atoms with Crippen molar-refractivity contribution < 1.29 is 9.59 Å². The third-order valence-electron chi connectivity index (χ3n) is 5.34. The number of pyridine rings is 1. The lowest BCUT2D eigenvalue weighted by Gasteiger charge is -2.16. The van der Waals surface area contributed by atoms with Crippen LogP contribution in [-0.4, -0.2) is 51.8 Å². The summed E-state index contributed by atoms with van der Waals surface area (Å²) in [5.41, 5.74) is 3.98. The second-order valence-electron chi connectivity index (χ2n) is 7.78. The van der Waals surface area contributed by atoms with Gasteiger partial charge >= 0.3 is 0 Å². The molecule has 0 unspecified atom stereocenters. The number of fused-ring (bicyclic) bond motifs is 2. The van der Waals surface area contributed by atoms with Crippen molar-refractivity contribution >= 4 is 47.0 Å². The maximum atomic E-state index is 12.6. The fourth-order valence-corrected chi connectivity index (χ4v) is 3.73. The number of nitrogens with one attached hydrogen (secondary N) is 1. The van der Waals surface area contributed by atoms with Gasteiger partial charge in [-0.15, -0.1) is 12.4 Å². The van der Waals surface area contributed by atoms with Crippen molar-refractivity contribution in [1.29, 1.82) is 0 Å². The Hall–Kier alpha value is -3.16. The smallest absolute Gasteiger partial charge is 0.246 e. The maximum Gasteiger partial charge on any atom is 0.246 e. The van der Waals surface area contributed by atoms with Crippen LogP contribution >= 0.6 is 12.4 Å². The molecule has 162 valence electrons. The zero-order chi connectivity index (χ0) is 21.3. The Balaban J connectivity index is 0.00000272. The van der Waals surface area contributed by atoms with Gasteiger partial charge in [0, 0.05) is 49.7 Å². The molecule has 1 aliphatic heterocycles. The molecule has 0 fully saturated rings. The molecule has 0 saturated heterocycles. The van der Waals surface area contributed by atoms with Crippen molar-refractivity contribution in [1.82, 2.24) is 19.4 Å². The molecule has 0 spiro atoms. The Bertz CT molecular complexity index is 1150. The molecule has 31 heavy (non-hydrogen) atoms. The highest BCUT2D eigenvalue weighted by molar-refractivity contribution is 5.93. The van der Waals surface area contributed by atoms with Gasteiger partial charge in [-0.25, -0.2) is 4.98 Å². The Morgan fingerprint density at radius 1 is 1.23 bits per heavy atom. The van der Waals surface area contributed by atoms with Gasteiger partial charge in [0.2, 0.25) is 11.8 Å². The largest absolute Gasteiger partial charge is 0.346 e. The van der Waals surface area contributed by atoms with Gasteiger partial charge in [-0.3, -0.25) is 14.5 Å². The van der Waals surface area contributed by atoms with Crippen molar-refractivity contribution in [2.24, 2.45) is 7.05 Å². The quantitative estimate of drug-likeness (QED) is 0.634. The number of hydrogen-bond donors (Lipinski definition) is 1. The molecule has 8 heteroatoms. The fourth-order valence-electron chi connectivity index (χ4n) is 3.73. The van der Waals surface area contributed by atoms with E-state index < -0.39 is 0 Å². The van der Waals surface area contributed by atoms with Gasteiger partial charge < -0.3 is 14.8 Å². The Kier molecular flexibility index (Phi) is 6.77. The van der Waals surface area contributed by atoms with E-state index in [4.69, 9.17) is 0 Å². The number of hydrogen-bond acceptors (Lipinski definition) is 4. The summed E-state index contributed by atoms with van der Waals surface area (Å²) in [6.07, 6.45) is 4.99. The van der Waals surface area contributed by atoms with Crippen molar-refractivity contribution in [2.75, 3.05) is 26.0 Å². The number of aromatic nitrogens is 2. The van der Waals surface area contributed by atoms with Crippen LogP contribution in [0.5, 0.6) is 0 Å². The van der Waals surface area contributed by atoms with E-state index in [0.717, 1.165) is 22.3 Å². The first-order valence-corrected chi connectivity index (χ1v) is 9.84. The number of likely N-dealkylation sites (N-methyl/N-ethyl adjacent to an activating group) is 2. The van der Waals surface area contributed by atoms with Crippen molar-refractivity contribution in [3.63, 3.8) is 0 Å². The minimum Gasteiger partial charge on any atom is -0.346 e. The number of anilines is 1. The normalized spacial score (nSPS) is 14.1. The molecule has 0 saturated carbocycles. The first-order chi connectivity index (χ1) is 14.4. The molecule has 1 aromatic carbocycles. The van der Waals surface area contributed by atoms with Gasteiger partial charge in [-0.05, 0) is 42.3 Å². The monoisotopic (exact) mass is 439 g/mol. The number of aryl methyl sites for hydroxylation is 1. The Morgan fingerprint density at radius 3 is 2.77 bits per heavy atom. The summed E-state index contributed by atoms with van der Waals surface area (Å²) < 4.78 is 2.12. The van der Waals surface area contributed by atoms with E-state index >= 15 is 0 Å². The first-order valence-electron chi connectivity index (χ1n) is 9.84. The molecule has 1 aliphatic rings. The van der Waals surface area contributed by atoms with E-state index in [2.05, 4.69) is 33.1 Å². The van der Waals surface area contributed by atoms with Crippen LogP contribution in [0.4, 0.5) is 5.82 Å². The van der Waals surface area contributed by atoms with Gasteiger partial charge in [-0.1, -0.05) is 18.2 Å². The predicted molar refractivity (Wildman–Crippen MR) is 125 cm³/mol. The second kappa shape index (κ2) is 9.32. The van der Waals surface area contributed by atoms with Crippen molar-refractivity contribution in [3.05, 3.63) is 65.5 Å². The van der Waals surface area contributed by atoms with E-state index in [1.54, 1.807) is 30.3 Å². The summed E-state index contributed by atoms with van der Waals surface area (Å²) in [5.74, 6) is 0.429. The van der Waals surface area contributed by atoms with Crippen LogP contribution in [0.25, 0.3) is 17.0 Å². The third-order valence-corrected chi connectivity index (χ3v) is 5.34. The van der Waals surface area contributed by atoms with E-state index in [1.807, 2.05) is 37.2 Å². The average Bonchev–Trinajstić information content (AvgIpc) is 2.94. The SMILES string of the molecule is CN1CC(=O)Nc2ncc(C=CC(=O)N(C)Cc3cc4ccccc4n3C)cc2C1.Cl. The molecule has 0 atom stereocenters. The van der Waals surface area contributed by atoms with E-state index in [0.29, 0.717) is 25.5 Å². The number of halogens is 1. The van der Waals surface area contributed by atoms with E-state index in [-0.39, 0.29) is 24.2 Å². The zero-order valence-corrected chi connectivity index (χ0v) is 18.6. The van der Waals surface area contributed by atoms with Crippen LogP contribution in [0.3, 0.4) is 0 Å². The standard InChI is InChI=1S/C23H25N5O2.ClH/c1-26-13-18-10-16(12-24-23(18)25-21(29)15-26)8-9-22(30)27(2)14-19-11-17-6-4-5-7-20(17)28(19)3;/h4-12H,13-15H2,1-3H3,(H,24,25,29);1H. The molecule has 0 bridgehead atoms. The molecular weight excluding hydrogens is 414 g/mol. The van der Waals surface area contributed by atoms with Gasteiger partial charge in [-0.2, -0.15) is 0 Å². The van der Waals surface area contributed by atoms with Crippen LogP contribution in [0.1, 0.15) is 16.8 Å². The molecule has 0 aliphatic carbocycles. The number of nitrogens with zero attached hydrogens (tertiary/aromatic N) is 4. The summed E-state index contributed by atoms with van der Waals surface area (Å²) >= 11 is 0. The van der Waals surface area contributed by atoms with Crippen LogP contribution in [0.2, 0.25) is 0 Å². The Labute approximate surface area is 187 Å². The number of rotatable bonds is 4. The molecular formula is C23H26ClN5O2. The number of para-hydroxylation sites is 1. The minimum absolute atomic E-state index is 0. The van der Waals surface area contributed by atoms with Gasteiger partial charge in [0.05, 0.1) is 13.1 Å². The molecule has 3 heterocycles. The molecule has 4 rings (SSSR count). The highest BCUT2D eigenvalue weighted by atomic mass is 35.5. The van der Waals surface area contributed by atoms with Crippen LogP contribution < -0.4 is 5.32 Å². The zero-order valence-electron chi connectivity index (χ0n) is 17.8. The number of carbonyl (C=O) groups excluding carboxylic acids is 2. The summed E-state index contributed by atoms with van der Waals surface area (Å²) in [6.45, 7) is 1.48. The first kappa shape index (κ1) is 22.5. The number of amides is 2. The second-order valence-corrected chi connectivity index (χ2v) is 7.78. The third kappa shape index (κ3) is 4.95. The predicted octanol–water partition coefficient (Wildman–Crippen LogP) is 3.05. The lowest BCUT2D eigenvalue weighted by Crippen LogP contribution is -2.26. The highest BCUT2D eigenvalue weighted by Gasteiger charge is 2.17. The molecule has 2 amide bonds. The molecule has 2 aromatic heterocycles. The van der Waals surface area contributed by atoms with Gasteiger partial charge in [0.25, 0.3) is 0 Å². The molecule has 7 nitrogen and oxygen atoms in total. The van der Waals surface area contributed by atoms with E-state index in [9.17, 15) is 9.59 Å². The lowest BCUT2D eigenvalue weighted by atomic mass is 10.1. The fraction of sp³-hybridized carbons (Fsp3) is 0.261. The maximum absolute atomic E-state index is 12.6. The Morgan fingerprint density at radius 2 is 2.00 bits per heavy atom. The minimum atomic E-state index is -0.0828. The van der Waals surface area contributed by atoms with Crippen molar-refractivity contribution in [2.45, 2.75) is 13.1 Å². The number of benzene rings is 1. The van der Waals surface area contributed by atoms with Crippen LogP contribution in [-0.2, 0) is 29.7 Å². The lowest BCUT2D eigenvalue weighted by molar-refractivity contribution is -0.125. The average molecular weight is 440 g/mol. The highest BCUT2D eigenvalue weighted by Crippen LogP contribution is 2.21.